The van der Waals surface area contributed by atoms with Gasteiger partial charge < -0.3 is 0 Å². The molecule has 0 radical (unpaired) electrons. The van der Waals surface area contributed by atoms with Crippen LogP contribution in [-0.2, 0) is 17.4 Å². The molecule has 0 spiro atoms. The first kappa shape index (κ1) is 18.9. The molecule has 0 unspecified atom stereocenters. The molecule has 1 fully saturated rings. The molecule has 1 aliphatic heterocycles. The second-order valence-electron chi connectivity index (χ2n) is 6.88. The van der Waals surface area contributed by atoms with Crippen molar-refractivity contribution in [1.82, 2.24) is 14.7 Å². The van der Waals surface area contributed by atoms with Crippen LogP contribution in [0.25, 0.3) is 16.9 Å². The predicted molar refractivity (Wildman–Crippen MR) is 117 cm³/mol. The zero-order valence-corrected chi connectivity index (χ0v) is 17.6. The number of aromatic nitrogens is 2. The molecule has 0 N–H and O–H groups in total. The Balaban J connectivity index is 1.68. The summed E-state index contributed by atoms with van der Waals surface area (Å²) in [7, 11) is 0.576. The highest BCUT2D eigenvalue weighted by atomic mass is 35.5. The van der Waals surface area contributed by atoms with Crippen LogP contribution in [0, 0.1) is 0 Å². The lowest BCUT2D eigenvalue weighted by molar-refractivity contribution is 0.289. The van der Waals surface area contributed by atoms with Gasteiger partial charge in [-0.3, -0.25) is 4.90 Å². The molecule has 0 atom stereocenters. The molecule has 1 aromatic heterocycles. The highest BCUT2D eigenvalue weighted by Gasteiger charge is 2.23. The minimum Gasteiger partial charge on any atom is -0.288 e. The van der Waals surface area contributed by atoms with Gasteiger partial charge in [-0.1, -0.05) is 35.3 Å². The Hall–Kier alpha value is -1.46. The number of hydrogen-bond acceptors (Lipinski definition) is 2. The van der Waals surface area contributed by atoms with Crippen LogP contribution >= 0.6 is 23.2 Å². The summed E-state index contributed by atoms with van der Waals surface area (Å²) in [4.78, 5) is 2.51. The van der Waals surface area contributed by atoms with Gasteiger partial charge in [-0.15, -0.1) is 0 Å². The van der Waals surface area contributed by atoms with E-state index in [1.807, 2.05) is 53.2 Å². The Morgan fingerprint density at radius 1 is 0.926 bits per heavy atom. The third-order valence-electron chi connectivity index (χ3n) is 4.87. The van der Waals surface area contributed by atoms with Gasteiger partial charge in [-0.05, 0) is 53.4 Å². The minimum atomic E-state index is 0.576. The molecule has 27 heavy (non-hydrogen) atoms. The second kappa shape index (κ2) is 8.27. The molecule has 0 amide bonds. The Morgan fingerprint density at radius 3 is 2.15 bits per heavy atom. The van der Waals surface area contributed by atoms with E-state index >= 15 is 0 Å². The minimum absolute atomic E-state index is 0.576. The highest BCUT2D eigenvalue weighted by molar-refractivity contribution is 7.96. The topological polar surface area (TPSA) is 21.1 Å². The van der Waals surface area contributed by atoms with Crippen LogP contribution in [0.5, 0.6) is 0 Å². The van der Waals surface area contributed by atoms with Crippen molar-refractivity contribution in [2.75, 3.05) is 30.9 Å². The first-order valence-corrected chi connectivity index (χ1v) is 11.7. The van der Waals surface area contributed by atoms with Crippen LogP contribution in [0.3, 0.4) is 0 Å². The molecule has 0 saturated carbocycles. The third kappa shape index (κ3) is 4.52. The number of halogens is 2. The lowest BCUT2D eigenvalue weighted by Crippen LogP contribution is -2.39. The van der Waals surface area contributed by atoms with Crippen LogP contribution in [0.15, 0.2) is 54.6 Å². The smallest absolute Gasteiger partial charge is 0.120 e. The maximum absolute atomic E-state index is 6.08. The summed E-state index contributed by atoms with van der Waals surface area (Å²) in [5.74, 6) is 2.59. The van der Waals surface area contributed by atoms with E-state index in [1.54, 1.807) is 0 Å². The van der Waals surface area contributed by atoms with E-state index in [0.29, 0.717) is 10.9 Å². The molecule has 1 saturated heterocycles. The van der Waals surface area contributed by atoms with Gasteiger partial charge in [-0.25, -0.2) is 4.68 Å². The maximum Gasteiger partial charge on any atom is 0.120 e. The maximum atomic E-state index is 6.08. The van der Waals surface area contributed by atoms with Gasteiger partial charge in [0, 0.05) is 35.2 Å². The Kier molecular flexibility index (Phi) is 5.79. The summed E-state index contributed by atoms with van der Waals surface area (Å²) >= 11 is 12.1. The van der Waals surface area contributed by atoms with E-state index in [2.05, 4.69) is 17.2 Å². The van der Waals surface area contributed by atoms with E-state index in [0.717, 1.165) is 52.3 Å². The van der Waals surface area contributed by atoms with E-state index in [4.69, 9.17) is 28.3 Å². The van der Waals surface area contributed by atoms with Crippen molar-refractivity contribution in [3.8, 4) is 16.9 Å². The van der Waals surface area contributed by atoms with Crippen molar-refractivity contribution in [1.29, 1.82) is 0 Å². The largest absolute Gasteiger partial charge is 0.288 e. The zero-order chi connectivity index (χ0) is 18.8. The van der Waals surface area contributed by atoms with Gasteiger partial charge in [0.15, 0.2) is 0 Å². The van der Waals surface area contributed by atoms with Crippen molar-refractivity contribution in [3.05, 3.63) is 70.3 Å². The fourth-order valence-corrected chi connectivity index (χ4v) is 4.88. The number of rotatable bonds is 4. The summed E-state index contributed by atoms with van der Waals surface area (Å²) in [5.41, 5.74) is 4.26. The van der Waals surface area contributed by atoms with Crippen molar-refractivity contribution in [3.63, 3.8) is 0 Å². The Labute approximate surface area is 173 Å². The van der Waals surface area contributed by atoms with Crippen LogP contribution in [0.2, 0.25) is 10.0 Å². The number of nitrogens with zero attached hydrogens (tertiary/aromatic N) is 3. The van der Waals surface area contributed by atoms with Crippen molar-refractivity contribution in [2.45, 2.75) is 6.54 Å². The van der Waals surface area contributed by atoms with Gasteiger partial charge >= 0.3 is 0 Å². The molecular formula is C21H22Cl2N3S+. The molecule has 1 aliphatic rings. The predicted octanol–water partition coefficient (Wildman–Crippen LogP) is 4.91. The fourth-order valence-electron chi connectivity index (χ4n) is 3.28. The number of hydrogen-bond donors (Lipinski definition) is 0. The molecule has 0 aliphatic carbocycles. The molecule has 0 bridgehead atoms. The SMILES string of the molecule is C[S+]1CCN(Cc2cc(-c3ccc(Cl)cc3)n(-c3ccc(Cl)cc3)n2)CC1. The number of benzene rings is 2. The Morgan fingerprint density at radius 2 is 1.52 bits per heavy atom. The van der Waals surface area contributed by atoms with Crippen LogP contribution < -0.4 is 0 Å². The fraction of sp³-hybridized carbons (Fsp3) is 0.286. The van der Waals surface area contributed by atoms with E-state index < -0.39 is 0 Å². The normalized spacial score (nSPS) is 16.0. The monoisotopic (exact) mass is 418 g/mol. The van der Waals surface area contributed by atoms with Gasteiger partial charge in [0.1, 0.15) is 11.5 Å². The molecule has 6 heteroatoms. The Bertz CT molecular complexity index is 835. The van der Waals surface area contributed by atoms with Crippen molar-refractivity contribution in [2.24, 2.45) is 0 Å². The van der Waals surface area contributed by atoms with Gasteiger partial charge in [-0.2, -0.15) is 5.10 Å². The quantitative estimate of drug-likeness (QED) is 0.561. The molecular weight excluding hydrogens is 397 g/mol. The molecule has 3 nitrogen and oxygen atoms in total. The highest BCUT2D eigenvalue weighted by Crippen LogP contribution is 2.27. The molecule has 2 heterocycles. The standard InChI is InChI=1S/C21H22Cl2N3S/c1-27-12-10-25(11-13-27)15-19-14-21(16-2-4-17(22)5-3-16)26(24-19)20-8-6-18(23)7-9-20/h2-9,14H,10-13,15H2,1H3/q+1. The van der Waals surface area contributed by atoms with E-state index in [9.17, 15) is 0 Å². The van der Waals surface area contributed by atoms with Gasteiger partial charge in [0.25, 0.3) is 0 Å². The molecule has 3 aromatic rings. The third-order valence-corrected chi connectivity index (χ3v) is 7.13. The van der Waals surface area contributed by atoms with Crippen LogP contribution in [0.4, 0.5) is 0 Å². The molecule has 2 aromatic carbocycles. The average Bonchev–Trinajstić information content (AvgIpc) is 3.08. The van der Waals surface area contributed by atoms with Crippen molar-refractivity contribution >= 4 is 34.1 Å². The summed E-state index contributed by atoms with van der Waals surface area (Å²) in [6, 6.07) is 17.9. The van der Waals surface area contributed by atoms with E-state index in [-0.39, 0.29) is 0 Å². The second-order valence-corrected chi connectivity index (χ2v) is 10.1. The average molecular weight is 419 g/mol. The molecule has 140 valence electrons. The van der Waals surface area contributed by atoms with Gasteiger partial charge in [0.05, 0.1) is 23.3 Å². The first-order valence-electron chi connectivity index (χ1n) is 9.01. The summed E-state index contributed by atoms with van der Waals surface area (Å²) in [5, 5.41) is 6.38. The van der Waals surface area contributed by atoms with Gasteiger partial charge in [0.2, 0.25) is 0 Å². The van der Waals surface area contributed by atoms with Crippen LogP contribution in [-0.4, -0.2) is 45.5 Å². The van der Waals surface area contributed by atoms with E-state index in [1.165, 1.54) is 11.5 Å². The zero-order valence-electron chi connectivity index (χ0n) is 15.2. The lowest BCUT2D eigenvalue weighted by Gasteiger charge is -2.24. The first-order chi connectivity index (χ1) is 13.1. The lowest BCUT2D eigenvalue weighted by atomic mass is 10.1. The van der Waals surface area contributed by atoms with Crippen LogP contribution in [0.1, 0.15) is 5.69 Å². The van der Waals surface area contributed by atoms with Crippen molar-refractivity contribution < 1.29 is 0 Å². The molecule has 4 rings (SSSR count). The summed E-state index contributed by atoms with van der Waals surface area (Å²) in [6.07, 6.45) is 2.37. The summed E-state index contributed by atoms with van der Waals surface area (Å²) < 4.78 is 2.00. The summed E-state index contributed by atoms with van der Waals surface area (Å²) in [6.45, 7) is 3.20.